The van der Waals surface area contributed by atoms with Gasteiger partial charge < -0.3 is 0 Å². The van der Waals surface area contributed by atoms with Crippen molar-refractivity contribution in [1.29, 1.82) is 0 Å². The molecule has 15 heavy (non-hydrogen) atoms. The van der Waals surface area contributed by atoms with Gasteiger partial charge in [0.2, 0.25) is 0 Å². The van der Waals surface area contributed by atoms with Crippen molar-refractivity contribution in [2.24, 2.45) is 0 Å². The van der Waals surface area contributed by atoms with Crippen molar-refractivity contribution in [3.63, 3.8) is 0 Å². The first kappa shape index (κ1) is 10.4. The van der Waals surface area contributed by atoms with E-state index in [2.05, 4.69) is 13.0 Å². The second-order valence-electron chi connectivity index (χ2n) is 4.25. The molecular weight excluding hydrogens is 187 g/mol. The molecule has 0 saturated heterocycles. The van der Waals surface area contributed by atoms with Gasteiger partial charge in [-0.1, -0.05) is 31.1 Å². The maximum Gasteiger partial charge on any atom is 0.123 e. The van der Waals surface area contributed by atoms with Crippen molar-refractivity contribution in [3.8, 4) is 0 Å². The first-order valence-electron chi connectivity index (χ1n) is 5.77. The molecule has 0 spiro atoms. The summed E-state index contributed by atoms with van der Waals surface area (Å²) in [5.74, 6) is -0.123. The molecule has 0 saturated carbocycles. The Bertz CT molecular complexity index is 377. The zero-order valence-corrected chi connectivity index (χ0v) is 9.22. The van der Waals surface area contributed by atoms with Crippen LogP contribution < -0.4 is 0 Å². The lowest BCUT2D eigenvalue weighted by molar-refractivity contribution is 0.626. The number of rotatable bonds is 3. The van der Waals surface area contributed by atoms with Crippen molar-refractivity contribution >= 4 is 6.08 Å². The maximum atomic E-state index is 13.0. The van der Waals surface area contributed by atoms with Gasteiger partial charge in [-0.25, -0.2) is 4.39 Å². The molecule has 0 fully saturated rings. The van der Waals surface area contributed by atoms with Crippen molar-refractivity contribution in [2.45, 2.75) is 39.0 Å². The van der Waals surface area contributed by atoms with Gasteiger partial charge in [0.05, 0.1) is 0 Å². The summed E-state index contributed by atoms with van der Waals surface area (Å²) in [5, 5.41) is 0. The minimum Gasteiger partial charge on any atom is -0.207 e. The fraction of sp³-hybridized carbons (Fsp3) is 0.429. The molecule has 1 aromatic carbocycles. The number of fused-ring (bicyclic) bond motifs is 1. The summed E-state index contributed by atoms with van der Waals surface area (Å²) in [6.45, 7) is 2.21. The van der Waals surface area contributed by atoms with Crippen LogP contribution in [0.3, 0.4) is 0 Å². The van der Waals surface area contributed by atoms with Gasteiger partial charge in [-0.05, 0) is 48.9 Å². The van der Waals surface area contributed by atoms with E-state index < -0.39 is 0 Å². The van der Waals surface area contributed by atoms with Crippen LogP contribution in [0.25, 0.3) is 6.08 Å². The standard InChI is InChI=1S/C14H17F/c1-2-3-4-11-5-6-12-7-8-14(15)10-13(12)9-11/h7-10H,2-6H2,1H3. The largest absolute Gasteiger partial charge is 0.207 e. The molecule has 0 amide bonds. The average molecular weight is 204 g/mol. The molecule has 0 aliphatic heterocycles. The molecule has 0 aromatic heterocycles. The molecule has 80 valence electrons. The predicted molar refractivity (Wildman–Crippen MR) is 62.2 cm³/mol. The van der Waals surface area contributed by atoms with Crippen molar-refractivity contribution < 1.29 is 4.39 Å². The van der Waals surface area contributed by atoms with Crippen LogP contribution >= 0.6 is 0 Å². The predicted octanol–water partition coefficient (Wildman–Crippen LogP) is 4.35. The Balaban J connectivity index is 2.20. The van der Waals surface area contributed by atoms with Crippen LogP contribution in [0.5, 0.6) is 0 Å². The Morgan fingerprint density at radius 1 is 1.27 bits per heavy atom. The summed E-state index contributed by atoms with van der Waals surface area (Å²) in [7, 11) is 0. The van der Waals surface area contributed by atoms with Crippen LogP contribution in [0.4, 0.5) is 4.39 Å². The lowest BCUT2D eigenvalue weighted by atomic mass is 9.90. The van der Waals surface area contributed by atoms with E-state index in [9.17, 15) is 4.39 Å². The van der Waals surface area contributed by atoms with Gasteiger partial charge in [-0.15, -0.1) is 0 Å². The normalized spacial score (nSPS) is 14.7. The number of hydrogen-bond acceptors (Lipinski definition) is 0. The van der Waals surface area contributed by atoms with E-state index in [1.54, 1.807) is 12.1 Å². The van der Waals surface area contributed by atoms with E-state index in [1.165, 1.54) is 30.4 Å². The van der Waals surface area contributed by atoms with Gasteiger partial charge in [-0.3, -0.25) is 0 Å². The second-order valence-corrected chi connectivity index (χ2v) is 4.25. The second kappa shape index (κ2) is 4.61. The van der Waals surface area contributed by atoms with Crippen LogP contribution in [0.1, 0.15) is 43.7 Å². The van der Waals surface area contributed by atoms with Gasteiger partial charge in [0.25, 0.3) is 0 Å². The zero-order valence-electron chi connectivity index (χ0n) is 9.22. The molecule has 1 aliphatic carbocycles. The average Bonchev–Trinajstić information content (AvgIpc) is 2.25. The summed E-state index contributed by atoms with van der Waals surface area (Å²) in [6, 6.07) is 5.13. The van der Waals surface area contributed by atoms with Gasteiger partial charge in [0.15, 0.2) is 0 Å². The quantitative estimate of drug-likeness (QED) is 0.686. The topological polar surface area (TPSA) is 0 Å². The first-order valence-corrected chi connectivity index (χ1v) is 5.77. The van der Waals surface area contributed by atoms with E-state index >= 15 is 0 Å². The number of unbranched alkanes of at least 4 members (excludes halogenated alkanes) is 1. The Morgan fingerprint density at radius 3 is 2.93 bits per heavy atom. The van der Waals surface area contributed by atoms with Crippen LogP contribution in [-0.2, 0) is 6.42 Å². The molecular formula is C14H17F. The van der Waals surface area contributed by atoms with Crippen molar-refractivity contribution in [3.05, 3.63) is 40.7 Å². The number of halogens is 1. The summed E-state index contributed by atoms with van der Waals surface area (Å²) in [6.07, 6.45) is 8.05. The molecule has 0 unspecified atom stereocenters. The van der Waals surface area contributed by atoms with Crippen LogP contribution in [0, 0.1) is 5.82 Å². The lowest BCUT2D eigenvalue weighted by Gasteiger charge is -2.16. The summed E-state index contributed by atoms with van der Waals surface area (Å²) in [4.78, 5) is 0. The summed E-state index contributed by atoms with van der Waals surface area (Å²) in [5.41, 5.74) is 3.86. The van der Waals surface area contributed by atoms with Gasteiger partial charge in [0.1, 0.15) is 5.82 Å². The highest BCUT2D eigenvalue weighted by molar-refractivity contribution is 5.59. The molecule has 1 aromatic rings. The molecule has 2 rings (SSSR count). The highest BCUT2D eigenvalue weighted by atomic mass is 19.1. The van der Waals surface area contributed by atoms with E-state index in [1.807, 2.05) is 6.07 Å². The van der Waals surface area contributed by atoms with E-state index in [4.69, 9.17) is 0 Å². The third-order valence-electron chi connectivity index (χ3n) is 3.03. The molecule has 1 heteroatoms. The highest BCUT2D eigenvalue weighted by Crippen LogP contribution is 2.27. The molecule has 1 aliphatic rings. The molecule has 0 radical (unpaired) electrons. The van der Waals surface area contributed by atoms with E-state index in [-0.39, 0.29) is 5.82 Å². The molecule has 0 bridgehead atoms. The highest BCUT2D eigenvalue weighted by Gasteiger charge is 2.10. The van der Waals surface area contributed by atoms with Crippen LogP contribution in [-0.4, -0.2) is 0 Å². The van der Waals surface area contributed by atoms with Crippen molar-refractivity contribution in [2.75, 3.05) is 0 Å². The Hall–Kier alpha value is -1.11. The minimum atomic E-state index is -0.123. The number of hydrogen-bond donors (Lipinski definition) is 0. The maximum absolute atomic E-state index is 13.0. The number of allylic oxidation sites excluding steroid dienone is 1. The SMILES string of the molecule is CCCCC1=Cc2cc(F)ccc2CC1. The fourth-order valence-electron chi connectivity index (χ4n) is 2.12. The van der Waals surface area contributed by atoms with E-state index in [0.717, 1.165) is 18.4 Å². The summed E-state index contributed by atoms with van der Waals surface area (Å²) >= 11 is 0. The third kappa shape index (κ3) is 2.47. The summed E-state index contributed by atoms with van der Waals surface area (Å²) < 4.78 is 13.0. The third-order valence-corrected chi connectivity index (χ3v) is 3.03. The Labute approximate surface area is 90.8 Å². The monoisotopic (exact) mass is 204 g/mol. The zero-order chi connectivity index (χ0) is 10.7. The number of aryl methyl sites for hydroxylation is 1. The fourth-order valence-corrected chi connectivity index (χ4v) is 2.12. The van der Waals surface area contributed by atoms with Gasteiger partial charge >= 0.3 is 0 Å². The molecule has 0 nitrogen and oxygen atoms in total. The molecule has 0 N–H and O–H groups in total. The lowest BCUT2D eigenvalue weighted by Crippen LogP contribution is -2.00. The first-order chi connectivity index (χ1) is 7.29. The molecule has 0 heterocycles. The molecule has 0 atom stereocenters. The van der Waals surface area contributed by atoms with Crippen LogP contribution in [0.15, 0.2) is 23.8 Å². The Morgan fingerprint density at radius 2 is 2.13 bits per heavy atom. The van der Waals surface area contributed by atoms with Gasteiger partial charge in [0, 0.05) is 0 Å². The minimum absolute atomic E-state index is 0.123. The Kier molecular flexibility index (Phi) is 3.20. The smallest absolute Gasteiger partial charge is 0.123 e. The van der Waals surface area contributed by atoms with Crippen LogP contribution in [0.2, 0.25) is 0 Å². The van der Waals surface area contributed by atoms with E-state index in [0.29, 0.717) is 0 Å². The number of benzene rings is 1. The van der Waals surface area contributed by atoms with Crippen molar-refractivity contribution in [1.82, 2.24) is 0 Å². The van der Waals surface area contributed by atoms with Gasteiger partial charge in [-0.2, -0.15) is 0 Å².